The zero-order valence-electron chi connectivity index (χ0n) is 17.3. The molecule has 1 aromatic heterocycles. The number of carbonyl (C=O) groups is 1. The van der Waals surface area contributed by atoms with Crippen LogP contribution >= 0.6 is 11.3 Å². The molecule has 8 nitrogen and oxygen atoms in total. The van der Waals surface area contributed by atoms with Gasteiger partial charge in [-0.2, -0.15) is 4.72 Å². The third kappa shape index (κ3) is 6.27. The van der Waals surface area contributed by atoms with Crippen molar-refractivity contribution < 1.29 is 22.7 Å². The summed E-state index contributed by atoms with van der Waals surface area (Å²) in [4.78, 5) is 16.4. The number of esters is 1. The van der Waals surface area contributed by atoms with E-state index in [2.05, 4.69) is 15.0 Å². The van der Waals surface area contributed by atoms with Gasteiger partial charge in [-0.1, -0.05) is 6.07 Å². The summed E-state index contributed by atoms with van der Waals surface area (Å²) in [5.41, 5.74) is 3.25. The van der Waals surface area contributed by atoms with Gasteiger partial charge in [-0.25, -0.2) is 13.4 Å². The van der Waals surface area contributed by atoms with Crippen LogP contribution in [0.15, 0.2) is 52.7 Å². The number of hydrogen-bond acceptors (Lipinski definition) is 8. The van der Waals surface area contributed by atoms with Crippen molar-refractivity contribution in [1.29, 1.82) is 0 Å². The maximum atomic E-state index is 12.3. The van der Waals surface area contributed by atoms with Crippen molar-refractivity contribution in [3.8, 4) is 5.75 Å². The molecule has 10 heteroatoms. The molecule has 0 atom stereocenters. The van der Waals surface area contributed by atoms with Crippen LogP contribution in [0, 0.1) is 13.8 Å². The minimum absolute atomic E-state index is 0.0506. The van der Waals surface area contributed by atoms with Crippen molar-refractivity contribution in [1.82, 2.24) is 9.71 Å². The lowest BCUT2D eigenvalue weighted by Gasteiger charge is -2.08. The zero-order valence-corrected chi connectivity index (χ0v) is 19.0. The van der Waals surface area contributed by atoms with Crippen LogP contribution in [0.2, 0.25) is 0 Å². The van der Waals surface area contributed by atoms with E-state index < -0.39 is 22.5 Å². The highest BCUT2D eigenvalue weighted by Crippen LogP contribution is 2.23. The van der Waals surface area contributed by atoms with Crippen LogP contribution in [-0.4, -0.2) is 33.0 Å². The number of methoxy groups -OCH3 is 1. The van der Waals surface area contributed by atoms with E-state index in [9.17, 15) is 13.2 Å². The molecule has 0 saturated carbocycles. The highest BCUT2D eigenvalue weighted by atomic mass is 32.2. The molecule has 3 aromatic rings. The Balaban J connectivity index is 1.48. The first-order valence-electron chi connectivity index (χ1n) is 9.35. The number of carbonyl (C=O) groups excluding carboxylic acids is 1. The Morgan fingerprint density at radius 3 is 2.52 bits per heavy atom. The highest BCUT2D eigenvalue weighted by Gasteiger charge is 2.17. The van der Waals surface area contributed by atoms with Gasteiger partial charge >= 0.3 is 5.97 Å². The first-order chi connectivity index (χ1) is 14.8. The summed E-state index contributed by atoms with van der Waals surface area (Å²) in [5.74, 6) is 0.0653. The molecule has 31 heavy (non-hydrogen) atoms. The molecule has 0 radical (unpaired) electrons. The molecule has 0 spiro atoms. The van der Waals surface area contributed by atoms with Crippen LogP contribution in [-0.2, 0) is 26.2 Å². The predicted octanol–water partition coefficient (Wildman–Crippen LogP) is 3.53. The van der Waals surface area contributed by atoms with Crippen LogP contribution in [0.3, 0.4) is 0 Å². The molecular formula is C21H23N3O5S2. The number of thiazole rings is 1. The first-order valence-corrected chi connectivity index (χ1v) is 11.7. The molecule has 3 rings (SSSR count). The second-order valence-electron chi connectivity index (χ2n) is 6.73. The minimum atomic E-state index is -3.80. The Bertz CT molecular complexity index is 1160. The second-order valence-corrected chi connectivity index (χ2v) is 9.35. The number of rotatable bonds is 9. The number of anilines is 2. The number of hydrogen-bond donors (Lipinski definition) is 2. The Labute approximate surface area is 185 Å². The zero-order chi connectivity index (χ0) is 22.4. The second kappa shape index (κ2) is 9.90. The van der Waals surface area contributed by atoms with Crippen molar-refractivity contribution in [2.24, 2.45) is 0 Å². The molecule has 1 heterocycles. The average molecular weight is 462 g/mol. The number of sulfonamides is 1. The van der Waals surface area contributed by atoms with E-state index in [1.165, 1.54) is 17.4 Å². The van der Waals surface area contributed by atoms with Gasteiger partial charge in [0.25, 0.3) is 0 Å². The molecule has 0 amide bonds. The molecule has 2 N–H and O–H groups in total. The third-order valence-electron chi connectivity index (χ3n) is 4.47. The van der Waals surface area contributed by atoms with Gasteiger partial charge in [0.1, 0.15) is 18.9 Å². The molecular weight excluding hydrogens is 438 g/mol. The first kappa shape index (κ1) is 22.7. The number of ether oxygens (including phenoxy) is 2. The average Bonchev–Trinajstić information content (AvgIpc) is 3.20. The summed E-state index contributed by atoms with van der Waals surface area (Å²) < 4.78 is 37.2. The molecule has 164 valence electrons. The van der Waals surface area contributed by atoms with Crippen LogP contribution in [0.25, 0.3) is 0 Å². The maximum Gasteiger partial charge on any atom is 0.321 e. The van der Waals surface area contributed by atoms with Gasteiger partial charge in [0.2, 0.25) is 10.0 Å². The Hall–Kier alpha value is -2.95. The Morgan fingerprint density at radius 2 is 1.84 bits per heavy atom. The Kier molecular flexibility index (Phi) is 7.26. The van der Waals surface area contributed by atoms with Gasteiger partial charge in [0, 0.05) is 11.1 Å². The monoisotopic (exact) mass is 461 g/mol. The lowest BCUT2D eigenvalue weighted by atomic mass is 10.1. The SMILES string of the molecule is COc1ccc(Nc2nc(COC(=O)CNS(=O)(=O)c3ccc(C)c(C)c3)cs2)cc1. The lowest BCUT2D eigenvalue weighted by molar-refractivity contribution is -0.143. The predicted molar refractivity (Wildman–Crippen MR) is 119 cm³/mol. The lowest BCUT2D eigenvalue weighted by Crippen LogP contribution is -2.30. The number of nitrogens with zero attached hydrogens (tertiary/aromatic N) is 1. The quantitative estimate of drug-likeness (QED) is 0.470. The van der Waals surface area contributed by atoms with Gasteiger partial charge in [-0.15, -0.1) is 11.3 Å². The van der Waals surface area contributed by atoms with E-state index >= 15 is 0 Å². The van der Waals surface area contributed by atoms with E-state index in [0.29, 0.717) is 10.8 Å². The molecule has 0 fully saturated rings. The van der Waals surface area contributed by atoms with Crippen LogP contribution in [0.5, 0.6) is 5.75 Å². The number of benzene rings is 2. The van der Waals surface area contributed by atoms with E-state index in [1.54, 1.807) is 24.6 Å². The summed E-state index contributed by atoms with van der Waals surface area (Å²) in [6.45, 7) is 3.21. The van der Waals surface area contributed by atoms with Gasteiger partial charge in [0.05, 0.1) is 17.7 Å². The van der Waals surface area contributed by atoms with Crippen LogP contribution < -0.4 is 14.8 Å². The van der Waals surface area contributed by atoms with Crippen LogP contribution in [0.4, 0.5) is 10.8 Å². The fraction of sp³-hybridized carbons (Fsp3) is 0.238. The summed E-state index contributed by atoms with van der Waals surface area (Å²) in [6.07, 6.45) is 0. The molecule has 2 aromatic carbocycles. The number of nitrogens with one attached hydrogen (secondary N) is 2. The molecule has 0 aliphatic heterocycles. The van der Waals surface area contributed by atoms with E-state index in [1.807, 2.05) is 38.1 Å². The van der Waals surface area contributed by atoms with E-state index in [-0.39, 0.29) is 11.5 Å². The van der Waals surface area contributed by atoms with Crippen molar-refractivity contribution in [3.05, 3.63) is 64.7 Å². The van der Waals surface area contributed by atoms with Crippen molar-refractivity contribution in [2.75, 3.05) is 19.0 Å². The Morgan fingerprint density at radius 1 is 1.10 bits per heavy atom. The van der Waals surface area contributed by atoms with Crippen molar-refractivity contribution in [2.45, 2.75) is 25.3 Å². The third-order valence-corrected chi connectivity index (χ3v) is 6.67. The molecule has 0 aliphatic carbocycles. The smallest absolute Gasteiger partial charge is 0.321 e. The fourth-order valence-corrected chi connectivity index (χ4v) is 4.32. The molecule has 0 aliphatic rings. The topological polar surface area (TPSA) is 107 Å². The summed E-state index contributed by atoms with van der Waals surface area (Å²) in [6, 6.07) is 12.2. The van der Waals surface area contributed by atoms with Crippen molar-refractivity contribution in [3.63, 3.8) is 0 Å². The highest BCUT2D eigenvalue weighted by molar-refractivity contribution is 7.89. The largest absolute Gasteiger partial charge is 0.497 e. The maximum absolute atomic E-state index is 12.3. The molecule has 0 unspecified atom stereocenters. The van der Waals surface area contributed by atoms with Gasteiger partial charge < -0.3 is 14.8 Å². The van der Waals surface area contributed by atoms with E-state index in [4.69, 9.17) is 9.47 Å². The summed E-state index contributed by atoms with van der Waals surface area (Å²) >= 11 is 1.37. The van der Waals surface area contributed by atoms with Crippen LogP contribution in [0.1, 0.15) is 16.8 Å². The van der Waals surface area contributed by atoms with Crippen molar-refractivity contribution >= 4 is 38.1 Å². The number of aryl methyl sites for hydroxylation is 2. The van der Waals surface area contributed by atoms with Gasteiger partial charge in [-0.3, -0.25) is 4.79 Å². The summed E-state index contributed by atoms with van der Waals surface area (Å²) in [7, 11) is -2.19. The number of aromatic nitrogens is 1. The molecule has 0 saturated heterocycles. The summed E-state index contributed by atoms with van der Waals surface area (Å²) in [5, 5.41) is 5.56. The van der Waals surface area contributed by atoms with E-state index in [0.717, 1.165) is 22.6 Å². The van der Waals surface area contributed by atoms with Gasteiger partial charge in [0.15, 0.2) is 5.13 Å². The van der Waals surface area contributed by atoms with Gasteiger partial charge in [-0.05, 0) is 61.4 Å². The standard InChI is InChI=1S/C21H23N3O5S2/c1-14-4-9-19(10-15(14)2)31(26,27)22-11-20(25)29-12-17-13-30-21(24-17)23-16-5-7-18(28-3)8-6-16/h4-10,13,22H,11-12H2,1-3H3,(H,23,24). The fourth-order valence-electron chi connectivity index (χ4n) is 2.55. The molecule has 0 bridgehead atoms. The minimum Gasteiger partial charge on any atom is -0.497 e. The normalized spacial score (nSPS) is 11.2.